The van der Waals surface area contributed by atoms with Crippen LogP contribution in [0.25, 0.3) is 0 Å². The highest BCUT2D eigenvalue weighted by Crippen LogP contribution is 2.30. The highest BCUT2D eigenvalue weighted by molar-refractivity contribution is 5.55. The van der Waals surface area contributed by atoms with E-state index in [1.807, 2.05) is 13.2 Å². The normalized spacial score (nSPS) is 20.5. The van der Waals surface area contributed by atoms with Gasteiger partial charge in [0.25, 0.3) is 0 Å². The molecule has 0 amide bonds. The number of hydrogen-bond donors (Lipinski definition) is 1. The van der Waals surface area contributed by atoms with Crippen LogP contribution in [-0.4, -0.2) is 24.6 Å². The molecule has 3 nitrogen and oxygen atoms in total. The van der Waals surface area contributed by atoms with Crippen LogP contribution in [0, 0.1) is 5.92 Å². The van der Waals surface area contributed by atoms with Gasteiger partial charge in [0.15, 0.2) is 0 Å². The lowest BCUT2D eigenvalue weighted by Crippen LogP contribution is -2.33. The minimum atomic E-state index is 0.687. The largest absolute Gasteiger partial charge is 0.373 e. The van der Waals surface area contributed by atoms with Gasteiger partial charge >= 0.3 is 0 Å². The number of aromatic nitrogens is 1. The zero-order chi connectivity index (χ0) is 11.5. The van der Waals surface area contributed by atoms with E-state index in [0.717, 1.165) is 5.82 Å². The maximum Gasteiger partial charge on any atom is 0.127 e. The summed E-state index contributed by atoms with van der Waals surface area (Å²) in [5.74, 6) is 1.67. The molecule has 0 aliphatic carbocycles. The van der Waals surface area contributed by atoms with E-state index in [0.29, 0.717) is 12.0 Å². The third kappa shape index (κ3) is 2.13. The van der Waals surface area contributed by atoms with Gasteiger partial charge in [-0.05, 0) is 24.8 Å². The standard InChI is InChI=1S/C13H21N3/c1-10(2)12-5-4-8-16(12)11-6-7-15-13(9-11)14-3/h6-7,9-10,12H,4-5,8H2,1-3H3,(H,14,15). The monoisotopic (exact) mass is 219 g/mol. The van der Waals surface area contributed by atoms with Crippen molar-refractivity contribution in [2.45, 2.75) is 32.7 Å². The summed E-state index contributed by atoms with van der Waals surface area (Å²) < 4.78 is 0. The number of anilines is 2. The quantitative estimate of drug-likeness (QED) is 0.847. The van der Waals surface area contributed by atoms with Crippen molar-refractivity contribution in [3.63, 3.8) is 0 Å². The van der Waals surface area contributed by atoms with Crippen LogP contribution in [-0.2, 0) is 0 Å². The van der Waals surface area contributed by atoms with E-state index in [9.17, 15) is 0 Å². The van der Waals surface area contributed by atoms with Gasteiger partial charge in [0.1, 0.15) is 5.82 Å². The van der Waals surface area contributed by atoms with Crippen molar-refractivity contribution in [1.29, 1.82) is 0 Å². The summed E-state index contributed by atoms with van der Waals surface area (Å²) in [6, 6.07) is 4.94. The van der Waals surface area contributed by atoms with Crippen LogP contribution in [0.15, 0.2) is 18.3 Å². The molecule has 1 unspecified atom stereocenters. The Kier molecular flexibility index (Phi) is 3.32. The van der Waals surface area contributed by atoms with E-state index in [1.165, 1.54) is 25.1 Å². The maximum atomic E-state index is 4.26. The van der Waals surface area contributed by atoms with E-state index in [1.54, 1.807) is 0 Å². The SMILES string of the molecule is CNc1cc(N2CCCC2C(C)C)ccn1. The van der Waals surface area contributed by atoms with Crippen molar-refractivity contribution in [3.8, 4) is 0 Å². The average molecular weight is 219 g/mol. The first-order valence-electron chi connectivity index (χ1n) is 6.13. The van der Waals surface area contributed by atoms with Crippen molar-refractivity contribution < 1.29 is 0 Å². The van der Waals surface area contributed by atoms with E-state index in [4.69, 9.17) is 0 Å². The van der Waals surface area contributed by atoms with E-state index < -0.39 is 0 Å². The van der Waals surface area contributed by atoms with Crippen LogP contribution >= 0.6 is 0 Å². The molecule has 1 atom stereocenters. The molecule has 0 bridgehead atoms. The second-order valence-corrected chi connectivity index (χ2v) is 4.80. The summed E-state index contributed by atoms with van der Waals surface area (Å²) in [6.45, 7) is 5.79. The van der Waals surface area contributed by atoms with E-state index in [-0.39, 0.29) is 0 Å². The molecule has 1 aromatic rings. The van der Waals surface area contributed by atoms with Gasteiger partial charge in [-0.15, -0.1) is 0 Å². The molecule has 3 heteroatoms. The summed E-state index contributed by atoms with van der Waals surface area (Å²) in [5, 5.41) is 3.10. The van der Waals surface area contributed by atoms with Crippen molar-refractivity contribution >= 4 is 11.5 Å². The molecule has 0 radical (unpaired) electrons. The molecule has 1 aliphatic rings. The molecular formula is C13H21N3. The van der Waals surface area contributed by atoms with Crippen LogP contribution in [0.1, 0.15) is 26.7 Å². The Bertz CT molecular complexity index is 349. The first kappa shape index (κ1) is 11.2. The van der Waals surface area contributed by atoms with Crippen LogP contribution in [0.5, 0.6) is 0 Å². The van der Waals surface area contributed by atoms with Crippen molar-refractivity contribution in [2.75, 3.05) is 23.8 Å². The molecule has 88 valence electrons. The predicted octanol–water partition coefficient (Wildman–Crippen LogP) is 2.75. The van der Waals surface area contributed by atoms with Crippen LogP contribution in [0.4, 0.5) is 11.5 Å². The molecule has 2 rings (SSSR count). The molecule has 16 heavy (non-hydrogen) atoms. The lowest BCUT2D eigenvalue weighted by Gasteiger charge is -2.29. The van der Waals surface area contributed by atoms with Gasteiger partial charge in [0.2, 0.25) is 0 Å². The van der Waals surface area contributed by atoms with Gasteiger partial charge < -0.3 is 10.2 Å². The van der Waals surface area contributed by atoms with Gasteiger partial charge in [-0.1, -0.05) is 13.8 Å². The van der Waals surface area contributed by atoms with Crippen LogP contribution in [0.3, 0.4) is 0 Å². The topological polar surface area (TPSA) is 28.2 Å². The Labute approximate surface area is 97.9 Å². The predicted molar refractivity (Wildman–Crippen MR) is 69.0 cm³/mol. The highest BCUT2D eigenvalue weighted by atomic mass is 15.2. The smallest absolute Gasteiger partial charge is 0.127 e. The first-order chi connectivity index (χ1) is 7.72. The summed E-state index contributed by atoms with van der Waals surface area (Å²) in [5.41, 5.74) is 1.30. The summed E-state index contributed by atoms with van der Waals surface area (Å²) in [7, 11) is 1.91. The molecule has 0 spiro atoms. The second-order valence-electron chi connectivity index (χ2n) is 4.80. The fourth-order valence-electron chi connectivity index (χ4n) is 2.54. The van der Waals surface area contributed by atoms with Crippen LogP contribution < -0.4 is 10.2 Å². The van der Waals surface area contributed by atoms with Gasteiger partial charge in [-0.3, -0.25) is 0 Å². The maximum absolute atomic E-state index is 4.26. The third-order valence-electron chi connectivity index (χ3n) is 3.40. The molecule has 0 saturated carbocycles. The lowest BCUT2D eigenvalue weighted by molar-refractivity contribution is 0.492. The Morgan fingerprint density at radius 3 is 3.00 bits per heavy atom. The van der Waals surface area contributed by atoms with Gasteiger partial charge in [-0.25, -0.2) is 4.98 Å². The van der Waals surface area contributed by atoms with Gasteiger partial charge in [-0.2, -0.15) is 0 Å². The highest BCUT2D eigenvalue weighted by Gasteiger charge is 2.27. The number of nitrogens with zero attached hydrogens (tertiary/aromatic N) is 2. The second kappa shape index (κ2) is 4.73. The summed E-state index contributed by atoms with van der Waals surface area (Å²) >= 11 is 0. The zero-order valence-electron chi connectivity index (χ0n) is 10.4. The molecule has 2 heterocycles. The van der Waals surface area contributed by atoms with Crippen molar-refractivity contribution in [3.05, 3.63) is 18.3 Å². The van der Waals surface area contributed by atoms with Crippen molar-refractivity contribution in [2.24, 2.45) is 5.92 Å². The van der Waals surface area contributed by atoms with Crippen molar-refractivity contribution in [1.82, 2.24) is 4.98 Å². The summed E-state index contributed by atoms with van der Waals surface area (Å²) in [6.07, 6.45) is 4.51. The van der Waals surface area contributed by atoms with Crippen LogP contribution in [0.2, 0.25) is 0 Å². The van der Waals surface area contributed by atoms with Gasteiger partial charge in [0, 0.05) is 37.6 Å². The Morgan fingerprint density at radius 1 is 1.50 bits per heavy atom. The zero-order valence-corrected chi connectivity index (χ0v) is 10.4. The minimum Gasteiger partial charge on any atom is -0.373 e. The number of hydrogen-bond acceptors (Lipinski definition) is 3. The van der Waals surface area contributed by atoms with E-state index in [2.05, 4.69) is 41.2 Å². The summed E-state index contributed by atoms with van der Waals surface area (Å²) in [4.78, 5) is 6.78. The molecule has 0 aromatic carbocycles. The average Bonchev–Trinajstić information content (AvgIpc) is 2.78. The number of rotatable bonds is 3. The molecule has 1 saturated heterocycles. The molecule has 1 fully saturated rings. The minimum absolute atomic E-state index is 0.687. The number of pyridine rings is 1. The third-order valence-corrected chi connectivity index (χ3v) is 3.40. The molecule has 1 aromatic heterocycles. The van der Waals surface area contributed by atoms with Gasteiger partial charge in [0.05, 0.1) is 0 Å². The Morgan fingerprint density at radius 2 is 2.31 bits per heavy atom. The lowest BCUT2D eigenvalue weighted by atomic mass is 10.0. The van der Waals surface area contributed by atoms with E-state index >= 15 is 0 Å². The molecule has 1 N–H and O–H groups in total. The molecule has 1 aliphatic heterocycles. The fraction of sp³-hybridized carbons (Fsp3) is 0.615. The Hall–Kier alpha value is -1.25. The fourth-order valence-corrected chi connectivity index (χ4v) is 2.54. The first-order valence-corrected chi connectivity index (χ1v) is 6.13. The Balaban J connectivity index is 2.22. The number of nitrogens with one attached hydrogen (secondary N) is 1. The molecular weight excluding hydrogens is 198 g/mol.